The van der Waals surface area contributed by atoms with Gasteiger partial charge in [0.25, 0.3) is 0 Å². The molecular weight excluding hydrogens is 408 g/mol. The van der Waals surface area contributed by atoms with Crippen LogP contribution < -0.4 is 0 Å². The van der Waals surface area contributed by atoms with Crippen molar-refractivity contribution in [1.29, 1.82) is 0 Å². The van der Waals surface area contributed by atoms with Crippen molar-refractivity contribution in [2.45, 2.75) is 38.5 Å². The number of hydrogen-bond donors (Lipinski definition) is 0. The van der Waals surface area contributed by atoms with Crippen molar-refractivity contribution in [3.05, 3.63) is 107 Å². The molecule has 8 rings (SSSR count). The predicted molar refractivity (Wildman–Crippen MR) is 145 cm³/mol. The molecule has 0 N–H and O–H groups in total. The third-order valence-corrected chi connectivity index (χ3v) is 8.99. The summed E-state index contributed by atoms with van der Waals surface area (Å²) in [7, 11) is 0. The monoisotopic (exact) mass is 434 g/mol. The molecule has 0 saturated heterocycles. The second kappa shape index (κ2) is 5.70. The highest BCUT2D eigenvalue weighted by molar-refractivity contribution is 6.30. The maximum absolute atomic E-state index is 2.56. The Hall–Kier alpha value is -3.64. The Bertz CT molecular complexity index is 1840. The van der Waals surface area contributed by atoms with Crippen LogP contribution in [0.3, 0.4) is 0 Å². The molecule has 6 aromatic carbocycles. The molecule has 0 heterocycles. The van der Waals surface area contributed by atoms with Crippen LogP contribution in [-0.2, 0) is 10.8 Å². The van der Waals surface area contributed by atoms with Gasteiger partial charge in [-0.25, -0.2) is 0 Å². The number of rotatable bonds is 0. The fourth-order valence-corrected chi connectivity index (χ4v) is 7.28. The van der Waals surface area contributed by atoms with Gasteiger partial charge in [0, 0.05) is 10.8 Å². The van der Waals surface area contributed by atoms with Gasteiger partial charge in [-0.15, -0.1) is 0 Å². The lowest BCUT2D eigenvalue weighted by molar-refractivity contribution is 0.646. The molecule has 0 bridgehead atoms. The SMILES string of the molecule is CC1(C)c2ccccc2-c2c1cc1ccc3ccc4c5c(cc2c1c35)C(C)(C)c1ccccc1-4. The first-order valence-electron chi connectivity index (χ1n) is 12.4. The first kappa shape index (κ1) is 18.7. The molecule has 0 atom stereocenters. The van der Waals surface area contributed by atoms with Crippen molar-refractivity contribution in [3.8, 4) is 22.3 Å². The molecule has 0 amide bonds. The zero-order valence-electron chi connectivity index (χ0n) is 20.1. The van der Waals surface area contributed by atoms with Crippen LogP contribution in [0.15, 0.2) is 84.9 Å². The van der Waals surface area contributed by atoms with E-state index in [1.165, 1.54) is 76.8 Å². The van der Waals surface area contributed by atoms with Gasteiger partial charge >= 0.3 is 0 Å². The summed E-state index contributed by atoms with van der Waals surface area (Å²) in [5, 5.41) is 8.45. The summed E-state index contributed by atoms with van der Waals surface area (Å²) in [5.74, 6) is 0. The molecular formula is C34H26. The van der Waals surface area contributed by atoms with Gasteiger partial charge in [0.2, 0.25) is 0 Å². The Labute approximate surface area is 200 Å². The molecule has 162 valence electrons. The number of hydrogen-bond acceptors (Lipinski definition) is 0. The minimum absolute atomic E-state index is 0.000881. The van der Waals surface area contributed by atoms with Gasteiger partial charge in [-0.05, 0) is 89.0 Å². The van der Waals surface area contributed by atoms with Crippen LogP contribution in [0.4, 0.5) is 0 Å². The first-order chi connectivity index (χ1) is 16.4. The molecule has 0 aromatic heterocycles. The molecule has 2 aliphatic carbocycles. The molecule has 6 aromatic rings. The van der Waals surface area contributed by atoms with Crippen LogP contribution in [0.5, 0.6) is 0 Å². The predicted octanol–water partition coefficient (Wildman–Crippen LogP) is 9.20. The van der Waals surface area contributed by atoms with Crippen molar-refractivity contribution in [1.82, 2.24) is 0 Å². The zero-order valence-corrected chi connectivity index (χ0v) is 20.1. The summed E-state index contributed by atoms with van der Waals surface area (Å²) >= 11 is 0. The summed E-state index contributed by atoms with van der Waals surface area (Å²) in [6, 6.07) is 32.5. The van der Waals surface area contributed by atoms with Crippen LogP contribution in [-0.4, -0.2) is 0 Å². The third-order valence-electron chi connectivity index (χ3n) is 8.99. The summed E-state index contributed by atoms with van der Waals surface area (Å²) in [4.78, 5) is 0. The number of benzene rings is 6. The van der Waals surface area contributed by atoms with Crippen LogP contribution in [0.25, 0.3) is 54.6 Å². The van der Waals surface area contributed by atoms with Gasteiger partial charge in [0.05, 0.1) is 0 Å². The highest BCUT2D eigenvalue weighted by Gasteiger charge is 2.39. The van der Waals surface area contributed by atoms with E-state index in [1.54, 1.807) is 0 Å². The van der Waals surface area contributed by atoms with Crippen LogP contribution in [0.1, 0.15) is 49.9 Å². The molecule has 0 spiro atoms. The van der Waals surface area contributed by atoms with Crippen LogP contribution in [0.2, 0.25) is 0 Å². The van der Waals surface area contributed by atoms with Gasteiger partial charge in [-0.1, -0.05) is 100 Å². The molecule has 2 aliphatic rings. The normalized spacial score (nSPS) is 16.7. The minimum Gasteiger partial charge on any atom is -0.0619 e. The fourth-order valence-electron chi connectivity index (χ4n) is 7.28. The average Bonchev–Trinajstić information content (AvgIpc) is 3.08. The molecule has 0 nitrogen and oxygen atoms in total. The molecule has 0 heteroatoms. The largest absolute Gasteiger partial charge is 0.0619 e. The van der Waals surface area contributed by atoms with Crippen LogP contribution in [0, 0.1) is 0 Å². The van der Waals surface area contributed by atoms with E-state index in [9.17, 15) is 0 Å². The van der Waals surface area contributed by atoms with Crippen molar-refractivity contribution >= 4 is 32.3 Å². The minimum atomic E-state index is -0.0614. The van der Waals surface area contributed by atoms with Crippen molar-refractivity contribution in [3.63, 3.8) is 0 Å². The lowest BCUT2D eigenvalue weighted by Crippen LogP contribution is -2.23. The van der Waals surface area contributed by atoms with E-state index in [2.05, 4.69) is 113 Å². The Morgan fingerprint density at radius 1 is 0.441 bits per heavy atom. The van der Waals surface area contributed by atoms with Crippen molar-refractivity contribution < 1.29 is 0 Å². The van der Waals surface area contributed by atoms with Gasteiger partial charge < -0.3 is 0 Å². The van der Waals surface area contributed by atoms with E-state index in [1.807, 2.05) is 0 Å². The Morgan fingerprint density at radius 2 is 1.06 bits per heavy atom. The molecule has 0 saturated carbocycles. The Kier molecular flexibility index (Phi) is 3.14. The highest BCUT2D eigenvalue weighted by Crippen LogP contribution is 2.57. The van der Waals surface area contributed by atoms with E-state index in [-0.39, 0.29) is 10.8 Å². The molecule has 0 aliphatic heterocycles. The average molecular weight is 435 g/mol. The van der Waals surface area contributed by atoms with E-state index >= 15 is 0 Å². The lowest BCUT2D eigenvalue weighted by atomic mass is 9.67. The van der Waals surface area contributed by atoms with E-state index < -0.39 is 0 Å². The van der Waals surface area contributed by atoms with Gasteiger partial charge in [0.1, 0.15) is 0 Å². The highest BCUT2D eigenvalue weighted by atomic mass is 14.4. The van der Waals surface area contributed by atoms with Crippen molar-refractivity contribution in [2.24, 2.45) is 0 Å². The summed E-state index contributed by atoms with van der Waals surface area (Å²) < 4.78 is 0. The number of fused-ring (bicyclic) bond motifs is 6. The van der Waals surface area contributed by atoms with E-state index in [0.717, 1.165) is 0 Å². The lowest BCUT2D eigenvalue weighted by Gasteiger charge is -2.36. The fraction of sp³-hybridized carbons (Fsp3) is 0.176. The van der Waals surface area contributed by atoms with Crippen molar-refractivity contribution in [2.75, 3.05) is 0 Å². The second-order valence-electron chi connectivity index (χ2n) is 11.4. The summed E-state index contributed by atoms with van der Waals surface area (Å²) in [6.45, 7) is 9.59. The first-order valence-corrected chi connectivity index (χ1v) is 12.4. The third kappa shape index (κ3) is 1.95. The molecule has 0 radical (unpaired) electrons. The smallest absolute Gasteiger partial charge is 0.0159 e. The van der Waals surface area contributed by atoms with Gasteiger partial charge in [-0.2, -0.15) is 0 Å². The maximum Gasteiger partial charge on any atom is 0.0159 e. The standard InChI is InChI=1S/C34H26/c1-33(2)25-11-7-5-9-21(25)22-16-15-19-13-14-20-17-27-31(23-10-6-8-12-26(23)34(27,3)4)24-18-28(33)32(22)30(19)29(20)24/h5-18H,1-4H3. The Balaban J connectivity index is 1.67. The van der Waals surface area contributed by atoms with E-state index in [4.69, 9.17) is 0 Å². The zero-order chi connectivity index (χ0) is 23.0. The molecule has 34 heavy (non-hydrogen) atoms. The quantitative estimate of drug-likeness (QED) is 0.209. The molecule has 0 unspecified atom stereocenters. The summed E-state index contributed by atoms with van der Waals surface area (Å²) in [5.41, 5.74) is 11.3. The van der Waals surface area contributed by atoms with E-state index in [0.29, 0.717) is 0 Å². The topological polar surface area (TPSA) is 0 Å². The van der Waals surface area contributed by atoms with Gasteiger partial charge in [-0.3, -0.25) is 0 Å². The Morgan fingerprint density at radius 3 is 1.85 bits per heavy atom. The molecule has 0 fully saturated rings. The van der Waals surface area contributed by atoms with Crippen LogP contribution >= 0.6 is 0 Å². The van der Waals surface area contributed by atoms with Gasteiger partial charge in [0.15, 0.2) is 0 Å². The second-order valence-corrected chi connectivity index (χ2v) is 11.4. The summed E-state index contributed by atoms with van der Waals surface area (Å²) in [6.07, 6.45) is 0. The maximum atomic E-state index is 2.56.